The number of nitrogens with two attached hydrogens (primary N) is 2. The van der Waals surface area contributed by atoms with Gasteiger partial charge in [-0.15, -0.1) is 11.3 Å². The maximum atomic E-state index is 12.7. The minimum Gasteiger partial charge on any atom is -0.481 e. The fraction of sp³-hybridized carbons (Fsp3) is 0.276. The Hall–Kier alpha value is -4.51. The predicted octanol–water partition coefficient (Wildman–Crippen LogP) is 2.60. The van der Waals surface area contributed by atoms with Crippen molar-refractivity contribution in [2.75, 3.05) is 0 Å². The van der Waals surface area contributed by atoms with Crippen LogP contribution in [0.4, 0.5) is 0 Å². The summed E-state index contributed by atoms with van der Waals surface area (Å²) in [6.45, 7) is 0. The molecule has 0 bridgehead atoms. The number of benzene rings is 2. The van der Waals surface area contributed by atoms with E-state index < -0.39 is 41.7 Å². The lowest BCUT2D eigenvalue weighted by atomic mass is 10.0. The Kier molecular flexibility index (Phi) is 11.0. The maximum Gasteiger partial charge on any atom is 0.303 e. The van der Waals surface area contributed by atoms with Crippen LogP contribution in [-0.4, -0.2) is 46.8 Å². The summed E-state index contributed by atoms with van der Waals surface area (Å²) in [5, 5.41) is 16.1. The number of aryl methyl sites for hydroxylation is 1. The van der Waals surface area contributed by atoms with Gasteiger partial charge >= 0.3 is 5.97 Å². The Bertz CT molecular complexity index is 1340. The summed E-state index contributed by atoms with van der Waals surface area (Å²) in [5.41, 5.74) is 14.7. The van der Waals surface area contributed by atoms with Crippen molar-refractivity contribution in [2.24, 2.45) is 11.5 Å². The Morgan fingerprint density at radius 3 is 2.08 bits per heavy atom. The van der Waals surface area contributed by atoms with Crippen LogP contribution in [0.1, 0.15) is 37.7 Å². The van der Waals surface area contributed by atoms with Crippen molar-refractivity contribution in [1.29, 1.82) is 0 Å². The van der Waals surface area contributed by atoms with Crippen molar-refractivity contribution in [3.8, 4) is 21.6 Å². The normalized spacial score (nSPS) is 12.2. The van der Waals surface area contributed by atoms with Gasteiger partial charge in [-0.3, -0.25) is 24.0 Å². The minimum absolute atomic E-state index is 0.0638. The lowest BCUT2D eigenvalue weighted by Crippen LogP contribution is -2.53. The van der Waals surface area contributed by atoms with Gasteiger partial charge < -0.3 is 27.2 Å². The van der Waals surface area contributed by atoms with Gasteiger partial charge in [-0.1, -0.05) is 54.6 Å². The van der Waals surface area contributed by atoms with Crippen LogP contribution in [0.15, 0.2) is 66.0 Å². The smallest absolute Gasteiger partial charge is 0.303 e. The molecule has 10 nitrogen and oxygen atoms in total. The lowest BCUT2D eigenvalue weighted by Gasteiger charge is -2.21. The van der Waals surface area contributed by atoms with Crippen molar-refractivity contribution in [2.45, 2.75) is 50.6 Å². The van der Waals surface area contributed by atoms with Crippen molar-refractivity contribution < 1.29 is 29.1 Å². The molecule has 1 aromatic heterocycles. The monoisotopic (exact) mass is 564 g/mol. The maximum absolute atomic E-state index is 12.7. The molecule has 2 aromatic carbocycles. The molecule has 0 fully saturated rings. The highest BCUT2D eigenvalue weighted by Gasteiger charge is 2.26. The first kappa shape index (κ1) is 30.0. The molecule has 11 heteroatoms. The first-order chi connectivity index (χ1) is 19.1. The zero-order chi connectivity index (χ0) is 29.1. The molecule has 0 aliphatic heterocycles. The highest BCUT2D eigenvalue weighted by molar-refractivity contribution is 7.14. The second kappa shape index (κ2) is 14.6. The summed E-state index contributed by atoms with van der Waals surface area (Å²) in [7, 11) is 0. The van der Waals surface area contributed by atoms with Gasteiger partial charge in [0.15, 0.2) is 0 Å². The van der Waals surface area contributed by atoms with E-state index in [0.29, 0.717) is 6.42 Å². The average molecular weight is 565 g/mol. The predicted molar refractivity (Wildman–Crippen MR) is 152 cm³/mol. The molecule has 7 N–H and O–H groups in total. The molecule has 0 saturated carbocycles. The molecule has 210 valence electrons. The lowest BCUT2D eigenvalue weighted by molar-refractivity contribution is -0.138. The van der Waals surface area contributed by atoms with Crippen molar-refractivity contribution in [3.05, 3.63) is 71.6 Å². The standard InChI is InChI=1S/C29H32N4O6S/c30-25(34)13-11-22(28(31)38)33-29(39)23(12-15-27(36)37)32-26(35)14-8-18-6-9-20(10-7-18)24-16-21(17-40-24)19-4-2-1-3-5-19/h1-7,9-10,16-17,22-23H,8,11-15H2,(H2,30,34)(H2,31,38)(H,32,35)(H,33,39)(H,36,37). The van der Waals surface area contributed by atoms with Crippen molar-refractivity contribution in [3.63, 3.8) is 0 Å². The quantitative estimate of drug-likeness (QED) is 0.189. The number of amides is 4. The summed E-state index contributed by atoms with van der Waals surface area (Å²) in [5.74, 6) is -3.91. The van der Waals surface area contributed by atoms with Crippen LogP contribution in [0.2, 0.25) is 0 Å². The van der Waals surface area contributed by atoms with Crippen LogP contribution in [0.5, 0.6) is 0 Å². The van der Waals surface area contributed by atoms with E-state index in [0.717, 1.165) is 27.1 Å². The van der Waals surface area contributed by atoms with Crippen LogP contribution >= 0.6 is 11.3 Å². The Morgan fingerprint density at radius 2 is 1.45 bits per heavy atom. The molecule has 0 spiro atoms. The van der Waals surface area contributed by atoms with E-state index in [1.54, 1.807) is 11.3 Å². The number of carboxylic acid groups (broad SMARTS) is 1. The van der Waals surface area contributed by atoms with Gasteiger partial charge in [0.25, 0.3) is 0 Å². The molecule has 40 heavy (non-hydrogen) atoms. The van der Waals surface area contributed by atoms with Crippen LogP contribution < -0.4 is 22.1 Å². The number of rotatable bonds is 15. The molecule has 1 heterocycles. The van der Waals surface area contributed by atoms with Gasteiger partial charge in [0.1, 0.15) is 12.1 Å². The van der Waals surface area contributed by atoms with Crippen molar-refractivity contribution in [1.82, 2.24) is 10.6 Å². The molecule has 0 aliphatic rings. The van der Waals surface area contributed by atoms with Gasteiger partial charge in [0.2, 0.25) is 23.6 Å². The largest absolute Gasteiger partial charge is 0.481 e. The molecule has 2 atom stereocenters. The fourth-order valence-electron chi connectivity index (χ4n) is 4.01. The first-order valence-corrected chi connectivity index (χ1v) is 13.6. The van der Waals surface area contributed by atoms with E-state index in [9.17, 15) is 24.0 Å². The number of primary amides is 2. The third-order valence-electron chi connectivity index (χ3n) is 6.22. The number of carboxylic acids is 1. The zero-order valence-electron chi connectivity index (χ0n) is 21.8. The highest BCUT2D eigenvalue weighted by Crippen LogP contribution is 2.32. The highest BCUT2D eigenvalue weighted by atomic mass is 32.1. The number of aliphatic carboxylic acids is 1. The molecular formula is C29H32N4O6S. The summed E-state index contributed by atoms with van der Waals surface area (Å²) in [6.07, 6.45) is -0.383. The molecule has 0 radical (unpaired) electrons. The number of nitrogens with one attached hydrogen (secondary N) is 2. The van der Waals surface area contributed by atoms with Crippen LogP contribution in [0, 0.1) is 0 Å². The third-order valence-corrected chi connectivity index (χ3v) is 7.20. The SMILES string of the molecule is NC(=O)CCC(NC(=O)C(CCC(=O)O)NC(=O)CCc1ccc(-c2cc(-c3ccccc3)cs2)cc1)C(N)=O. The van der Waals surface area contributed by atoms with Crippen LogP contribution in [0.3, 0.4) is 0 Å². The van der Waals surface area contributed by atoms with Gasteiger partial charge in [-0.05, 0) is 53.0 Å². The molecule has 2 unspecified atom stereocenters. The average Bonchev–Trinajstić information content (AvgIpc) is 3.43. The summed E-state index contributed by atoms with van der Waals surface area (Å²) >= 11 is 1.65. The van der Waals surface area contributed by atoms with Gasteiger partial charge in [0.05, 0.1) is 0 Å². The summed E-state index contributed by atoms with van der Waals surface area (Å²) in [4.78, 5) is 60.3. The van der Waals surface area contributed by atoms with E-state index in [1.165, 1.54) is 0 Å². The number of carbonyl (C=O) groups is 5. The minimum atomic E-state index is -1.20. The Morgan fingerprint density at radius 1 is 0.775 bits per heavy atom. The second-order valence-electron chi connectivity index (χ2n) is 9.28. The number of hydrogen-bond acceptors (Lipinski definition) is 6. The van der Waals surface area contributed by atoms with E-state index in [1.807, 2.05) is 42.5 Å². The summed E-state index contributed by atoms with van der Waals surface area (Å²) < 4.78 is 0. The molecule has 4 amide bonds. The zero-order valence-corrected chi connectivity index (χ0v) is 22.6. The van der Waals surface area contributed by atoms with Gasteiger partial charge in [-0.25, -0.2) is 0 Å². The molecule has 3 aromatic rings. The van der Waals surface area contributed by atoms with E-state index in [-0.39, 0.29) is 32.1 Å². The third kappa shape index (κ3) is 9.35. The molecule has 0 aliphatic carbocycles. The second-order valence-corrected chi connectivity index (χ2v) is 10.2. The van der Waals surface area contributed by atoms with Crippen LogP contribution in [0.25, 0.3) is 21.6 Å². The molecule has 0 saturated heterocycles. The Balaban J connectivity index is 1.57. The first-order valence-electron chi connectivity index (χ1n) is 12.7. The topological polar surface area (TPSA) is 182 Å². The van der Waals surface area contributed by atoms with Gasteiger partial charge in [-0.2, -0.15) is 0 Å². The van der Waals surface area contributed by atoms with Gasteiger partial charge in [0, 0.05) is 24.1 Å². The molecular weight excluding hydrogens is 532 g/mol. The van der Waals surface area contributed by atoms with E-state index in [2.05, 4.69) is 34.2 Å². The Labute approximate surface area is 235 Å². The van der Waals surface area contributed by atoms with Crippen molar-refractivity contribution >= 4 is 40.9 Å². The van der Waals surface area contributed by atoms with Crippen LogP contribution in [-0.2, 0) is 30.4 Å². The number of hydrogen-bond donors (Lipinski definition) is 5. The fourth-order valence-corrected chi connectivity index (χ4v) is 4.94. The number of carbonyl (C=O) groups excluding carboxylic acids is 4. The van der Waals surface area contributed by atoms with E-state index >= 15 is 0 Å². The summed E-state index contributed by atoms with van der Waals surface area (Å²) in [6, 6.07) is 17.7. The molecule has 3 rings (SSSR count). The van der Waals surface area contributed by atoms with E-state index in [4.69, 9.17) is 16.6 Å². The number of thiophene rings is 1.